The first-order valence-corrected chi connectivity index (χ1v) is 8.43. The number of carbonyl (C=O) groups is 1. The normalized spacial score (nSPS) is 18.8. The maximum Gasteiger partial charge on any atom is 0.412 e. The Hall–Kier alpha value is -1.60. The van der Waals surface area contributed by atoms with Crippen LogP contribution in [0, 0.1) is 6.92 Å². The third kappa shape index (κ3) is 3.74. The smallest absolute Gasteiger partial charge is 0.412 e. The van der Waals surface area contributed by atoms with E-state index in [9.17, 15) is 13.2 Å². The van der Waals surface area contributed by atoms with Crippen molar-refractivity contribution in [3.63, 3.8) is 0 Å². The third-order valence-corrected chi connectivity index (χ3v) is 5.41. The van der Waals surface area contributed by atoms with Gasteiger partial charge in [0.05, 0.1) is 10.6 Å². The quantitative estimate of drug-likeness (QED) is 0.848. The summed E-state index contributed by atoms with van der Waals surface area (Å²) >= 11 is 0. The maximum atomic E-state index is 12.4. The summed E-state index contributed by atoms with van der Waals surface area (Å²) in [5, 5.41) is 8.63. The summed E-state index contributed by atoms with van der Waals surface area (Å²) in [6, 6.07) is 6.25. The third-order valence-electron chi connectivity index (χ3n) is 3.59. The van der Waals surface area contributed by atoms with Crippen LogP contribution in [0.4, 0.5) is 4.79 Å². The number of nitrogens with zero attached hydrogens (tertiary/aromatic N) is 1. The van der Waals surface area contributed by atoms with Gasteiger partial charge in [-0.2, -0.15) is 0 Å². The Morgan fingerprint density at radius 3 is 2.67 bits per heavy atom. The Morgan fingerprint density at radius 1 is 1.38 bits per heavy atom. The Balaban J connectivity index is 2.12. The van der Waals surface area contributed by atoms with Crippen molar-refractivity contribution in [1.29, 1.82) is 0 Å². The molecular formula is C14H19NO5S. The van der Waals surface area contributed by atoms with E-state index in [0.29, 0.717) is 13.0 Å². The van der Waals surface area contributed by atoms with E-state index in [-0.39, 0.29) is 10.6 Å². The van der Waals surface area contributed by atoms with Crippen LogP contribution in [0.15, 0.2) is 29.2 Å². The van der Waals surface area contributed by atoms with Gasteiger partial charge in [0.25, 0.3) is 0 Å². The second kappa shape index (κ2) is 6.44. The molecule has 1 heterocycles. The number of rotatable bonds is 4. The molecule has 2 rings (SSSR count). The topological polar surface area (TPSA) is 83.9 Å². The minimum atomic E-state index is -3.45. The summed E-state index contributed by atoms with van der Waals surface area (Å²) < 4.78 is 29.3. The van der Waals surface area contributed by atoms with E-state index in [2.05, 4.69) is 4.74 Å². The molecule has 1 N–H and O–H groups in total. The van der Waals surface area contributed by atoms with Crippen molar-refractivity contribution in [3.8, 4) is 0 Å². The number of aliphatic hydroxyl groups is 1. The SMILES string of the molecule is Cc1ccc(S(=O)(=O)CC2CCCN2C(=O)OCO)cc1. The lowest BCUT2D eigenvalue weighted by atomic mass is 10.2. The van der Waals surface area contributed by atoms with Crippen molar-refractivity contribution in [1.82, 2.24) is 4.90 Å². The summed E-state index contributed by atoms with van der Waals surface area (Å²) in [6.45, 7) is 1.64. The number of hydrogen-bond acceptors (Lipinski definition) is 5. The Kier molecular flexibility index (Phi) is 4.84. The lowest BCUT2D eigenvalue weighted by molar-refractivity contribution is 0.0214. The molecule has 0 aliphatic carbocycles. The highest BCUT2D eigenvalue weighted by molar-refractivity contribution is 7.91. The number of carbonyl (C=O) groups excluding carboxylic acids is 1. The highest BCUT2D eigenvalue weighted by Gasteiger charge is 2.33. The fourth-order valence-corrected chi connectivity index (χ4v) is 4.08. The molecule has 1 aliphatic rings. The van der Waals surface area contributed by atoms with Gasteiger partial charge < -0.3 is 14.7 Å². The predicted octanol–water partition coefficient (Wildman–Crippen LogP) is 1.32. The van der Waals surface area contributed by atoms with Crippen LogP contribution in [0.25, 0.3) is 0 Å². The molecule has 1 aliphatic heterocycles. The molecule has 0 aromatic heterocycles. The van der Waals surface area contributed by atoms with Crippen molar-refractivity contribution in [2.45, 2.75) is 30.7 Å². The van der Waals surface area contributed by atoms with Gasteiger partial charge in [-0.05, 0) is 31.9 Å². The molecule has 21 heavy (non-hydrogen) atoms. The first-order valence-electron chi connectivity index (χ1n) is 6.78. The molecule has 0 spiro atoms. The molecule has 0 saturated carbocycles. The van der Waals surface area contributed by atoms with Gasteiger partial charge in [-0.1, -0.05) is 17.7 Å². The van der Waals surface area contributed by atoms with E-state index in [1.807, 2.05) is 6.92 Å². The molecule has 6 nitrogen and oxygen atoms in total. The largest absolute Gasteiger partial charge is 0.422 e. The summed E-state index contributed by atoms with van der Waals surface area (Å²) in [7, 11) is -3.45. The number of benzene rings is 1. The van der Waals surface area contributed by atoms with Gasteiger partial charge in [-0.25, -0.2) is 13.2 Å². The van der Waals surface area contributed by atoms with Gasteiger partial charge >= 0.3 is 6.09 Å². The zero-order valence-corrected chi connectivity index (χ0v) is 12.7. The Bertz CT molecular complexity index is 596. The molecule has 1 aromatic carbocycles. The summed E-state index contributed by atoms with van der Waals surface area (Å²) in [5.41, 5.74) is 0.989. The Labute approximate surface area is 124 Å². The second-order valence-corrected chi connectivity index (χ2v) is 7.16. The number of aryl methyl sites for hydroxylation is 1. The van der Waals surface area contributed by atoms with Gasteiger partial charge in [-0.15, -0.1) is 0 Å². The van der Waals surface area contributed by atoms with E-state index in [1.54, 1.807) is 24.3 Å². The van der Waals surface area contributed by atoms with Crippen LogP contribution in [0.3, 0.4) is 0 Å². The monoisotopic (exact) mass is 313 g/mol. The van der Waals surface area contributed by atoms with Crippen LogP contribution in [-0.4, -0.2) is 49.6 Å². The number of aliphatic hydroxyl groups excluding tert-OH is 1. The number of sulfone groups is 1. The van der Waals surface area contributed by atoms with E-state index < -0.39 is 28.8 Å². The fraction of sp³-hybridized carbons (Fsp3) is 0.500. The number of hydrogen-bond donors (Lipinski definition) is 1. The zero-order chi connectivity index (χ0) is 15.5. The van der Waals surface area contributed by atoms with Gasteiger partial charge in [0.2, 0.25) is 0 Å². The summed E-state index contributed by atoms with van der Waals surface area (Å²) in [5.74, 6) is -0.128. The van der Waals surface area contributed by atoms with Gasteiger partial charge in [-0.3, -0.25) is 0 Å². The molecule has 1 amide bonds. The minimum Gasteiger partial charge on any atom is -0.422 e. The maximum absolute atomic E-state index is 12.4. The van der Waals surface area contributed by atoms with Crippen molar-refractivity contribution >= 4 is 15.9 Å². The van der Waals surface area contributed by atoms with Crippen LogP contribution in [-0.2, 0) is 14.6 Å². The molecule has 116 valence electrons. The highest BCUT2D eigenvalue weighted by atomic mass is 32.2. The van der Waals surface area contributed by atoms with Crippen LogP contribution < -0.4 is 0 Å². The lowest BCUT2D eigenvalue weighted by Crippen LogP contribution is -2.40. The molecule has 1 fully saturated rings. The van der Waals surface area contributed by atoms with Gasteiger partial charge in [0, 0.05) is 12.6 Å². The first kappa shape index (κ1) is 15.8. The van der Waals surface area contributed by atoms with Crippen molar-refractivity contribution < 1.29 is 23.1 Å². The predicted molar refractivity (Wildman–Crippen MR) is 76.5 cm³/mol. The van der Waals surface area contributed by atoms with Crippen molar-refractivity contribution in [2.75, 3.05) is 19.1 Å². The average Bonchev–Trinajstić information content (AvgIpc) is 2.87. The number of likely N-dealkylation sites (tertiary alicyclic amines) is 1. The summed E-state index contributed by atoms with van der Waals surface area (Å²) in [6.07, 6.45) is 0.680. The van der Waals surface area contributed by atoms with Crippen LogP contribution in [0.2, 0.25) is 0 Å². The van der Waals surface area contributed by atoms with E-state index in [0.717, 1.165) is 12.0 Å². The number of ether oxygens (including phenoxy) is 1. The number of amides is 1. The standard InChI is InChI=1S/C14H19NO5S/c1-11-4-6-13(7-5-11)21(18,19)9-12-3-2-8-15(12)14(17)20-10-16/h4-7,12,16H,2-3,8-10H2,1H3. The van der Waals surface area contributed by atoms with Crippen LogP contribution in [0.1, 0.15) is 18.4 Å². The molecule has 7 heteroatoms. The molecule has 0 bridgehead atoms. The zero-order valence-electron chi connectivity index (χ0n) is 11.9. The molecule has 1 aromatic rings. The van der Waals surface area contributed by atoms with Crippen molar-refractivity contribution in [2.24, 2.45) is 0 Å². The molecule has 1 saturated heterocycles. The molecule has 1 unspecified atom stereocenters. The van der Waals surface area contributed by atoms with Crippen LogP contribution >= 0.6 is 0 Å². The van der Waals surface area contributed by atoms with Gasteiger partial charge in [0.15, 0.2) is 16.6 Å². The Morgan fingerprint density at radius 2 is 2.05 bits per heavy atom. The van der Waals surface area contributed by atoms with Gasteiger partial charge in [0.1, 0.15) is 0 Å². The fourth-order valence-electron chi connectivity index (χ4n) is 2.48. The molecule has 0 radical (unpaired) electrons. The second-order valence-electron chi connectivity index (χ2n) is 5.12. The average molecular weight is 313 g/mol. The minimum absolute atomic E-state index is 0.128. The van der Waals surface area contributed by atoms with E-state index >= 15 is 0 Å². The summed E-state index contributed by atoms with van der Waals surface area (Å²) in [4.78, 5) is 13.3. The van der Waals surface area contributed by atoms with E-state index in [1.165, 1.54) is 4.90 Å². The van der Waals surface area contributed by atoms with E-state index in [4.69, 9.17) is 5.11 Å². The molecule has 1 atom stereocenters. The van der Waals surface area contributed by atoms with Crippen molar-refractivity contribution in [3.05, 3.63) is 29.8 Å². The van der Waals surface area contributed by atoms with Crippen LogP contribution in [0.5, 0.6) is 0 Å². The first-order chi connectivity index (χ1) is 9.94. The molecular weight excluding hydrogens is 294 g/mol. The lowest BCUT2D eigenvalue weighted by Gasteiger charge is -2.23. The highest BCUT2D eigenvalue weighted by Crippen LogP contribution is 2.23.